The molecule has 0 fully saturated rings. The summed E-state index contributed by atoms with van der Waals surface area (Å²) in [5.74, 6) is 1.16. The Morgan fingerprint density at radius 3 is 1.22 bits per heavy atom. The number of benzene rings is 3. The standard InChI is InChI=1S/C20H19N5O3.C20H21N5O.C11H9N3O2.C10H15N3O2.C9H13N3O2.C9H9N3O2.C8H11N3O2.C5H7BrO3.C4H5N3.CH4O.Li.2H2O/c1-23-9-10-24-12-17(22-20(24)13-23)19(26)11-16-18(25(27)28)8-7-15(21-16)14-5-3-2-4-6-14;1-24-9-10-25-12-18(23-20(25)13-24)19(26)11-17-15(21)7-8-16(22-17)14-5-3-2-4-6-14;12-11-10(14(15)16)7-6-9(13-11)8-4-2-1-3-5-8;1-3-15-10(14)8-6-13-5-4-12(2)7-9(13)11-8;2*1-2-14-9(13)7-6-12-4-3-10-5-8(12)11-7;1-10-2-3-11-4-6(8(12)13)9-7(11)5-10;1-2-9-5(8)4(7)3-6;5-4-3-6-1-2-7-4;1-2;;;/h2-8,12H,9-11,13H2,1H3;2-8,12H,9-11,13,21H2,1H3;1-7H,(H2,12,13);6H,3-5,7H2,1-2H3;6,10H,2-5H2,1H3;3-6H,2H2,1H3;4H,2-3,5H2,1H3,(H,12,13);2-3H2,1H3;1-3H,(H2,5,7);2H,1H3;;2*1H2/q;;;;;;;;;;+1;;/p-1. The number of hydrogen-bond donors (Lipinski definition) is 6. The molecule has 772 valence electrons. The molecule has 0 atom stereocenters. The van der Waals surface area contributed by atoms with Gasteiger partial charge in [0.1, 0.15) is 52.0 Å². The van der Waals surface area contributed by atoms with Gasteiger partial charge in [-0.3, -0.25) is 69.2 Å². The van der Waals surface area contributed by atoms with Crippen LogP contribution >= 0.6 is 15.9 Å². The number of carboxylic acids is 1. The van der Waals surface area contributed by atoms with E-state index in [2.05, 4.69) is 117 Å². The van der Waals surface area contributed by atoms with Crippen LogP contribution in [0.1, 0.15) is 131 Å². The molecule has 0 radical (unpaired) electrons. The van der Waals surface area contributed by atoms with Gasteiger partial charge in [-0.25, -0.2) is 68.8 Å². The van der Waals surface area contributed by atoms with Crippen LogP contribution in [0.3, 0.4) is 0 Å². The summed E-state index contributed by atoms with van der Waals surface area (Å²) in [5, 5.41) is 40.9. The summed E-state index contributed by atoms with van der Waals surface area (Å²) in [7, 11) is 9.10. The minimum atomic E-state index is -0.954. The summed E-state index contributed by atoms with van der Waals surface area (Å²) in [6, 6.07) is 38.3. The van der Waals surface area contributed by atoms with Crippen molar-refractivity contribution in [1.29, 1.82) is 0 Å². The maximum atomic E-state index is 12.8. The second-order valence-electron chi connectivity index (χ2n) is 32.0. The largest absolute Gasteiger partial charge is 1.00 e. The van der Waals surface area contributed by atoms with Crippen molar-refractivity contribution in [3.05, 3.63) is 297 Å². The first-order valence-electron chi connectivity index (χ1n) is 45.4. The number of nitro groups is 2. The molecule has 19 rings (SSSR count). The van der Waals surface area contributed by atoms with Gasteiger partial charge in [0, 0.05) is 163 Å². The SMILES string of the molecule is CCOC(=O)C(=O)CBr.CCOC(=O)c1cn2c(n1)CN(C)CC2.CCOC(=O)c1cn2c(n1)CNCC2.CCOC(=O)c1cn2ccncc2n1.CN1CCn2cc(C(=O)Cc3nc(-c4ccccc4)ccc3N)nc2C1.CN1CCn2cc(C(=O)Cc3nc(-c4ccccc4)ccc3[N+](=O)[O-])nc2C1.CN1CCn2cc(C(=O)O)nc2C1.CO.Nc1cnccn1.Nc1nc(-c2ccccc2)ccc1[N+](=O)[O-].O.[Li+].[OH-]. The molecule has 5 aliphatic rings. The number of carbonyl (C=O) groups is 8. The van der Waals surface area contributed by atoms with Crippen molar-refractivity contribution in [2.75, 3.05) is 117 Å². The van der Waals surface area contributed by atoms with Gasteiger partial charge >= 0.3 is 54.4 Å². The molecule has 12 N–H and O–H groups in total. The number of anilines is 3. The summed E-state index contributed by atoms with van der Waals surface area (Å²) in [5.41, 5.74) is 25.2. The number of nitrogens with two attached hydrogens (primary N) is 3. The summed E-state index contributed by atoms with van der Waals surface area (Å²) < 4.78 is 30.6. The summed E-state index contributed by atoms with van der Waals surface area (Å²) in [6.45, 7) is 21.0. The van der Waals surface area contributed by atoms with Crippen LogP contribution in [0.25, 0.3) is 39.4 Å². The number of nitrogens with one attached hydrogen (secondary N) is 1. The van der Waals surface area contributed by atoms with E-state index in [0.717, 1.165) is 150 Å². The molecular formula is C97H116BrLiN28O20. The van der Waals surface area contributed by atoms with Crippen molar-refractivity contribution in [3.8, 4) is 33.8 Å². The van der Waals surface area contributed by atoms with Crippen LogP contribution in [-0.4, -0.2) is 285 Å². The number of likely N-dealkylation sites (N-methyl/N-ethyl adjacent to an activating group) is 4. The second kappa shape index (κ2) is 59.4. The van der Waals surface area contributed by atoms with Gasteiger partial charge in [-0.1, -0.05) is 107 Å². The van der Waals surface area contributed by atoms with Crippen LogP contribution in [-0.2, 0) is 107 Å². The molecule has 0 amide bonds. The number of carboxylic acid groups (broad SMARTS) is 1. The van der Waals surface area contributed by atoms with E-state index in [9.17, 15) is 58.6 Å². The Balaban J connectivity index is 0.000000229. The number of fused-ring (bicyclic) bond motifs is 6. The maximum absolute atomic E-state index is 12.8. The van der Waals surface area contributed by atoms with Gasteiger partial charge in [0.15, 0.2) is 40.0 Å². The van der Waals surface area contributed by atoms with Gasteiger partial charge in [0.25, 0.3) is 5.69 Å². The van der Waals surface area contributed by atoms with E-state index in [1.54, 1.807) is 106 Å². The van der Waals surface area contributed by atoms with Crippen LogP contribution in [0.15, 0.2) is 202 Å². The van der Waals surface area contributed by atoms with Crippen molar-refractivity contribution < 1.29 is 107 Å². The van der Waals surface area contributed by atoms with Gasteiger partial charge in [-0.15, -0.1) is 0 Å². The van der Waals surface area contributed by atoms with Gasteiger partial charge < -0.3 is 89.9 Å². The molecule has 11 aromatic heterocycles. The first kappa shape index (κ1) is 118. The number of ether oxygens (including phenoxy) is 4. The minimum absolute atomic E-state index is 0. The number of halogens is 1. The second-order valence-corrected chi connectivity index (χ2v) is 32.5. The minimum Gasteiger partial charge on any atom is -0.870 e. The van der Waals surface area contributed by atoms with Crippen molar-refractivity contribution in [3.63, 3.8) is 0 Å². The van der Waals surface area contributed by atoms with Crippen molar-refractivity contribution >= 4 is 97.5 Å². The molecular weight excluding hydrogens is 1960 g/mol. The quantitative estimate of drug-likeness (QED) is 0.00792. The van der Waals surface area contributed by atoms with Crippen molar-refractivity contribution in [2.24, 2.45) is 0 Å². The number of pyridine rings is 3. The van der Waals surface area contributed by atoms with Gasteiger partial charge in [-0.05, 0) is 80.2 Å². The number of aromatic nitrogens is 18. The number of ketones is 3. The first-order chi connectivity index (χ1) is 69.4. The Kier molecular flexibility index (Phi) is 47.8. The Bertz CT molecular complexity index is 6630. The average molecular weight is 2080 g/mol. The van der Waals surface area contributed by atoms with Gasteiger partial charge in [0.2, 0.25) is 11.6 Å². The topological polar surface area (TPSA) is 649 Å². The molecule has 48 nitrogen and oxygen atoms in total. The molecule has 16 heterocycles. The molecule has 0 aliphatic carbocycles. The summed E-state index contributed by atoms with van der Waals surface area (Å²) in [4.78, 5) is 170. The molecule has 14 aromatic rings. The van der Waals surface area contributed by atoms with E-state index in [4.69, 9.17) is 41.6 Å². The van der Waals surface area contributed by atoms with Gasteiger partial charge in [-0.2, -0.15) is 0 Å². The number of nitrogen functional groups attached to an aromatic ring is 3. The molecule has 3 aromatic carbocycles. The number of aromatic carboxylic acids is 1. The fraction of sp³-hybridized carbons (Fsp3) is 0.320. The number of alkyl halides is 1. The van der Waals surface area contributed by atoms with Crippen LogP contribution < -0.4 is 41.4 Å². The fourth-order valence-corrected chi connectivity index (χ4v) is 14.5. The molecule has 0 spiro atoms. The van der Waals surface area contributed by atoms with E-state index >= 15 is 0 Å². The van der Waals surface area contributed by atoms with Crippen LogP contribution in [0.2, 0.25) is 0 Å². The Morgan fingerprint density at radius 2 is 0.823 bits per heavy atom. The number of esters is 4. The molecule has 0 saturated heterocycles. The Morgan fingerprint density at radius 1 is 0.442 bits per heavy atom. The number of Topliss-reactive ketones (excluding diaryl/α,β-unsaturated/α-hetero) is 3. The van der Waals surface area contributed by atoms with Gasteiger partial charge in [0.05, 0.1) is 128 Å². The number of nitrogens with zero attached hydrogens (tertiary/aromatic N) is 24. The number of imidazole rings is 6. The number of aliphatic hydroxyl groups excluding tert-OH is 1. The van der Waals surface area contributed by atoms with E-state index in [1.807, 2.05) is 149 Å². The van der Waals surface area contributed by atoms with Crippen LogP contribution in [0.5, 0.6) is 0 Å². The molecule has 147 heavy (non-hydrogen) atoms. The van der Waals surface area contributed by atoms with Crippen LogP contribution in [0, 0.1) is 20.2 Å². The first-order valence-corrected chi connectivity index (χ1v) is 46.6. The normalized spacial score (nSPS) is 12.8. The van der Waals surface area contributed by atoms with Crippen molar-refractivity contribution in [2.45, 2.75) is 106 Å². The zero-order valence-electron chi connectivity index (χ0n) is 82.8. The smallest absolute Gasteiger partial charge is 0.870 e. The summed E-state index contributed by atoms with van der Waals surface area (Å²) >= 11 is 2.83. The Hall–Kier alpha value is -15.8. The fourth-order valence-electron chi connectivity index (χ4n) is 14.2. The zero-order chi connectivity index (χ0) is 104. The number of carbonyl (C=O) groups excluding carboxylic acids is 7. The van der Waals surface area contributed by atoms with E-state index in [1.165, 1.54) is 18.3 Å². The third kappa shape index (κ3) is 35.0. The van der Waals surface area contributed by atoms with E-state index in [-0.39, 0.29) is 107 Å². The molecule has 5 aliphatic heterocycles. The van der Waals surface area contributed by atoms with Crippen LogP contribution in [0.4, 0.5) is 28.7 Å². The summed E-state index contributed by atoms with van der Waals surface area (Å²) in [6.07, 6.45) is 19.9. The molecule has 0 unspecified atom stereocenters. The maximum Gasteiger partial charge on any atom is 1.00 e. The monoisotopic (exact) mass is 2080 g/mol. The zero-order valence-corrected chi connectivity index (χ0v) is 84.4. The molecule has 50 heteroatoms. The third-order valence-electron chi connectivity index (χ3n) is 21.5. The van der Waals surface area contributed by atoms with E-state index in [0.29, 0.717) is 89.1 Å². The predicted molar refractivity (Wildman–Crippen MR) is 539 cm³/mol. The number of hydrogen-bond acceptors (Lipinski definition) is 38. The Labute approximate surface area is 865 Å². The van der Waals surface area contributed by atoms with E-state index < -0.39 is 33.5 Å². The third-order valence-corrected chi connectivity index (χ3v) is 22.0. The number of aliphatic hydroxyl groups is 1. The number of rotatable bonds is 21. The average Bonchev–Trinajstić information content (AvgIpc) is 1.71. The molecule has 0 saturated carbocycles. The van der Waals surface area contributed by atoms with Crippen molar-refractivity contribution in [1.82, 2.24) is 112 Å². The molecule has 0 bridgehead atoms. The predicted octanol–water partition coefficient (Wildman–Crippen LogP) is 5.15.